The maximum absolute atomic E-state index is 4.45. The molecular formula is C18H25N5S. The fourth-order valence-corrected chi connectivity index (χ4v) is 4.00. The van der Waals surface area contributed by atoms with Gasteiger partial charge < -0.3 is 10.2 Å². The molecule has 1 saturated heterocycles. The molecule has 3 rings (SSSR count). The summed E-state index contributed by atoms with van der Waals surface area (Å²) in [6.07, 6.45) is 3.97. The van der Waals surface area contributed by atoms with Crippen molar-refractivity contribution in [2.24, 2.45) is 4.99 Å². The van der Waals surface area contributed by atoms with Gasteiger partial charge in [0.25, 0.3) is 0 Å². The SMILES string of the molecule is CN=C(NCc1cnn(-c2ccccc2)c1)N1CCSC(C)(C)C1. The number of hydrogen-bond donors (Lipinski definition) is 1. The number of rotatable bonds is 3. The van der Waals surface area contributed by atoms with Gasteiger partial charge in [-0.3, -0.25) is 4.99 Å². The molecule has 0 aliphatic carbocycles. The van der Waals surface area contributed by atoms with Crippen molar-refractivity contribution in [3.05, 3.63) is 48.3 Å². The van der Waals surface area contributed by atoms with Gasteiger partial charge in [-0.2, -0.15) is 16.9 Å². The van der Waals surface area contributed by atoms with Crippen LogP contribution in [-0.4, -0.2) is 51.3 Å². The van der Waals surface area contributed by atoms with Crippen molar-refractivity contribution in [2.45, 2.75) is 25.1 Å². The summed E-state index contributed by atoms with van der Waals surface area (Å²) in [5.74, 6) is 2.11. The predicted molar refractivity (Wildman–Crippen MR) is 102 cm³/mol. The lowest BCUT2D eigenvalue weighted by molar-refractivity contribution is 0.375. The van der Waals surface area contributed by atoms with E-state index in [-0.39, 0.29) is 4.75 Å². The minimum absolute atomic E-state index is 0.272. The first-order chi connectivity index (χ1) is 11.6. The molecule has 0 bridgehead atoms. The molecule has 0 radical (unpaired) electrons. The summed E-state index contributed by atoms with van der Waals surface area (Å²) < 4.78 is 2.18. The van der Waals surface area contributed by atoms with Crippen molar-refractivity contribution in [3.63, 3.8) is 0 Å². The minimum atomic E-state index is 0.272. The van der Waals surface area contributed by atoms with Gasteiger partial charge in [0.2, 0.25) is 0 Å². The van der Waals surface area contributed by atoms with Gasteiger partial charge in [0, 0.05) is 48.9 Å². The Morgan fingerprint density at radius 1 is 1.33 bits per heavy atom. The maximum atomic E-state index is 4.45. The number of aromatic nitrogens is 2. The van der Waals surface area contributed by atoms with Crippen molar-refractivity contribution >= 4 is 17.7 Å². The van der Waals surface area contributed by atoms with E-state index in [1.54, 1.807) is 0 Å². The normalized spacial score (nSPS) is 17.8. The summed E-state index contributed by atoms with van der Waals surface area (Å²) in [6.45, 7) is 7.36. The van der Waals surface area contributed by atoms with E-state index in [0.29, 0.717) is 0 Å². The number of nitrogens with zero attached hydrogens (tertiary/aromatic N) is 4. The molecule has 0 amide bonds. The molecule has 0 saturated carbocycles. The quantitative estimate of drug-likeness (QED) is 0.688. The second kappa shape index (κ2) is 7.30. The molecule has 1 aliphatic heterocycles. The first-order valence-electron chi connectivity index (χ1n) is 8.26. The summed E-state index contributed by atoms with van der Waals surface area (Å²) in [5, 5.41) is 7.92. The highest BCUT2D eigenvalue weighted by atomic mass is 32.2. The summed E-state index contributed by atoms with van der Waals surface area (Å²) >= 11 is 2.03. The molecule has 1 aromatic carbocycles. The van der Waals surface area contributed by atoms with E-state index in [2.05, 4.69) is 52.5 Å². The first kappa shape index (κ1) is 16.9. The van der Waals surface area contributed by atoms with Crippen LogP contribution in [0.1, 0.15) is 19.4 Å². The summed E-state index contributed by atoms with van der Waals surface area (Å²) in [6, 6.07) is 10.2. The van der Waals surface area contributed by atoms with Gasteiger partial charge in [0.05, 0.1) is 11.9 Å². The van der Waals surface area contributed by atoms with Gasteiger partial charge in [0.1, 0.15) is 0 Å². The van der Waals surface area contributed by atoms with Crippen LogP contribution in [0.2, 0.25) is 0 Å². The Balaban J connectivity index is 1.61. The average Bonchev–Trinajstić information content (AvgIpc) is 3.04. The van der Waals surface area contributed by atoms with Crippen LogP contribution in [0, 0.1) is 0 Å². The van der Waals surface area contributed by atoms with E-state index in [1.165, 1.54) is 0 Å². The molecule has 0 unspecified atom stereocenters. The van der Waals surface area contributed by atoms with E-state index in [1.807, 2.05) is 47.9 Å². The fourth-order valence-electron chi connectivity index (χ4n) is 2.88. The van der Waals surface area contributed by atoms with E-state index >= 15 is 0 Å². The van der Waals surface area contributed by atoms with Crippen LogP contribution in [0.25, 0.3) is 5.69 Å². The molecule has 1 fully saturated rings. The first-order valence-corrected chi connectivity index (χ1v) is 9.24. The minimum Gasteiger partial charge on any atom is -0.352 e. The number of hydrogen-bond acceptors (Lipinski definition) is 3. The molecule has 6 heteroatoms. The van der Waals surface area contributed by atoms with E-state index < -0.39 is 0 Å². The van der Waals surface area contributed by atoms with Crippen molar-refractivity contribution in [1.82, 2.24) is 20.0 Å². The number of benzene rings is 1. The smallest absolute Gasteiger partial charge is 0.193 e. The lowest BCUT2D eigenvalue weighted by Gasteiger charge is -2.39. The van der Waals surface area contributed by atoms with E-state index in [9.17, 15) is 0 Å². The highest BCUT2D eigenvalue weighted by molar-refractivity contribution is 8.00. The fraction of sp³-hybridized carbons (Fsp3) is 0.444. The van der Waals surface area contributed by atoms with Gasteiger partial charge >= 0.3 is 0 Å². The molecule has 5 nitrogen and oxygen atoms in total. The summed E-state index contributed by atoms with van der Waals surface area (Å²) in [7, 11) is 1.85. The van der Waals surface area contributed by atoms with Gasteiger partial charge in [0.15, 0.2) is 5.96 Å². The Morgan fingerprint density at radius 3 is 2.83 bits per heavy atom. The largest absolute Gasteiger partial charge is 0.352 e. The second-order valence-corrected chi connectivity index (χ2v) is 8.36. The zero-order chi connectivity index (χ0) is 17.0. The van der Waals surface area contributed by atoms with Crippen LogP contribution in [0.15, 0.2) is 47.7 Å². The number of guanidine groups is 1. The van der Waals surface area contributed by atoms with Gasteiger partial charge in [-0.25, -0.2) is 4.68 Å². The Morgan fingerprint density at radius 2 is 2.12 bits per heavy atom. The van der Waals surface area contributed by atoms with Crippen LogP contribution in [0.4, 0.5) is 0 Å². The van der Waals surface area contributed by atoms with Crippen molar-refractivity contribution in [1.29, 1.82) is 0 Å². The summed E-state index contributed by atoms with van der Waals surface area (Å²) in [5.41, 5.74) is 2.22. The molecule has 128 valence electrons. The van der Waals surface area contributed by atoms with Crippen molar-refractivity contribution < 1.29 is 0 Å². The molecule has 1 N–H and O–H groups in total. The van der Waals surface area contributed by atoms with Crippen LogP contribution >= 0.6 is 11.8 Å². The van der Waals surface area contributed by atoms with Gasteiger partial charge in [-0.15, -0.1) is 0 Å². The summed E-state index contributed by atoms with van der Waals surface area (Å²) in [4.78, 5) is 6.80. The molecule has 24 heavy (non-hydrogen) atoms. The number of para-hydroxylation sites is 1. The zero-order valence-electron chi connectivity index (χ0n) is 14.6. The average molecular weight is 344 g/mol. The standard InChI is InChI=1S/C18H25N5S/c1-18(2)14-22(9-10-24-18)17(19-3)20-11-15-12-21-23(13-15)16-7-5-4-6-8-16/h4-8,12-13H,9-11,14H2,1-3H3,(H,19,20). The molecule has 2 aromatic rings. The Labute approximate surface area is 148 Å². The lowest BCUT2D eigenvalue weighted by Crippen LogP contribution is -2.50. The van der Waals surface area contributed by atoms with E-state index in [0.717, 1.165) is 42.6 Å². The Hall–Kier alpha value is -1.95. The second-order valence-electron chi connectivity index (χ2n) is 6.56. The molecular weight excluding hydrogens is 318 g/mol. The topological polar surface area (TPSA) is 45.5 Å². The third kappa shape index (κ3) is 4.12. The van der Waals surface area contributed by atoms with E-state index in [4.69, 9.17) is 0 Å². The zero-order valence-corrected chi connectivity index (χ0v) is 15.4. The van der Waals surface area contributed by atoms with Crippen LogP contribution < -0.4 is 5.32 Å². The highest BCUT2D eigenvalue weighted by Gasteiger charge is 2.28. The Bertz CT molecular complexity index is 692. The molecule has 0 atom stereocenters. The van der Waals surface area contributed by atoms with Gasteiger partial charge in [-0.1, -0.05) is 18.2 Å². The van der Waals surface area contributed by atoms with Crippen LogP contribution in [0.5, 0.6) is 0 Å². The molecule has 0 spiro atoms. The highest BCUT2D eigenvalue weighted by Crippen LogP contribution is 2.29. The van der Waals surface area contributed by atoms with Crippen molar-refractivity contribution in [2.75, 3.05) is 25.9 Å². The van der Waals surface area contributed by atoms with Crippen molar-refractivity contribution in [3.8, 4) is 5.69 Å². The predicted octanol–water partition coefficient (Wildman–Crippen LogP) is 2.78. The molecule has 1 aliphatic rings. The van der Waals surface area contributed by atoms with Gasteiger partial charge in [-0.05, 0) is 26.0 Å². The number of aliphatic imine (C=N–C) groups is 1. The number of thioether (sulfide) groups is 1. The van der Waals surface area contributed by atoms with Crippen LogP contribution in [0.3, 0.4) is 0 Å². The number of nitrogens with one attached hydrogen (secondary N) is 1. The Kier molecular flexibility index (Phi) is 5.14. The maximum Gasteiger partial charge on any atom is 0.193 e. The third-order valence-corrected chi connectivity index (χ3v) is 5.34. The molecule has 1 aromatic heterocycles. The monoisotopic (exact) mass is 343 g/mol. The van der Waals surface area contributed by atoms with Crippen LogP contribution in [-0.2, 0) is 6.54 Å². The third-order valence-electron chi connectivity index (χ3n) is 4.04. The lowest BCUT2D eigenvalue weighted by atomic mass is 10.2. The molecule has 2 heterocycles.